The van der Waals surface area contributed by atoms with Gasteiger partial charge in [-0.1, -0.05) is 26.0 Å². The van der Waals surface area contributed by atoms with Gasteiger partial charge in [-0.3, -0.25) is 4.90 Å². The fraction of sp³-hybridized carbons (Fsp3) is 0.625. The summed E-state index contributed by atoms with van der Waals surface area (Å²) in [4.78, 5) is 2.32. The minimum atomic E-state index is 0.365. The lowest BCUT2D eigenvalue weighted by molar-refractivity contribution is 0.100. The van der Waals surface area contributed by atoms with Crippen molar-refractivity contribution in [1.29, 1.82) is 0 Å². The van der Waals surface area contributed by atoms with Gasteiger partial charge in [-0.25, -0.2) is 0 Å². The molecule has 0 heterocycles. The SMILES string of the molecule is COCC(CNC(C)C)N(C)Cc1ccc(OC)cc1. The van der Waals surface area contributed by atoms with Crippen LogP contribution in [0.1, 0.15) is 19.4 Å². The van der Waals surface area contributed by atoms with Gasteiger partial charge in [0.25, 0.3) is 0 Å². The lowest BCUT2D eigenvalue weighted by Gasteiger charge is -2.28. The van der Waals surface area contributed by atoms with Crippen molar-refractivity contribution in [1.82, 2.24) is 10.2 Å². The van der Waals surface area contributed by atoms with E-state index < -0.39 is 0 Å². The Hall–Kier alpha value is -1.10. The zero-order valence-corrected chi connectivity index (χ0v) is 13.3. The van der Waals surface area contributed by atoms with Crippen LogP contribution in [0.4, 0.5) is 0 Å². The molecule has 0 aliphatic carbocycles. The number of ether oxygens (including phenoxy) is 2. The first kappa shape index (κ1) is 17.0. The number of nitrogens with zero attached hydrogens (tertiary/aromatic N) is 1. The van der Waals surface area contributed by atoms with E-state index in [2.05, 4.69) is 43.2 Å². The molecule has 0 aliphatic heterocycles. The molecule has 20 heavy (non-hydrogen) atoms. The molecule has 0 radical (unpaired) electrons. The first-order chi connectivity index (χ1) is 9.56. The van der Waals surface area contributed by atoms with Crippen molar-refractivity contribution in [2.45, 2.75) is 32.5 Å². The molecule has 1 N–H and O–H groups in total. The highest BCUT2D eigenvalue weighted by Crippen LogP contribution is 2.13. The first-order valence-corrected chi connectivity index (χ1v) is 7.12. The molecule has 0 fully saturated rings. The van der Waals surface area contributed by atoms with Gasteiger partial charge in [-0.2, -0.15) is 0 Å². The third kappa shape index (κ3) is 5.90. The van der Waals surface area contributed by atoms with Crippen molar-refractivity contribution < 1.29 is 9.47 Å². The summed E-state index contributed by atoms with van der Waals surface area (Å²) in [7, 11) is 5.58. The number of rotatable bonds is 9. The number of hydrogen-bond donors (Lipinski definition) is 1. The molecule has 4 heteroatoms. The topological polar surface area (TPSA) is 33.7 Å². The maximum Gasteiger partial charge on any atom is 0.118 e. The van der Waals surface area contributed by atoms with Crippen molar-refractivity contribution in [2.24, 2.45) is 0 Å². The van der Waals surface area contributed by atoms with E-state index in [1.807, 2.05) is 12.1 Å². The Morgan fingerprint density at radius 3 is 2.30 bits per heavy atom. The molecule has 0 aliphatic rings. The first-order valence-electron chi connectivity index (χ1n) is 7.12. The van der Waals surface area contributed by atoms with Crippen molar-refractivity contribution in [2.75, 3.05) is 34.4 Å². The molecule has 0 aromatic heterocycles. The molecule has 1 aromatic carbocycles. The Morgan fingerprint density at radius 2 is 1.80 bits per heavy atom. The average Bonchev–Trinajstić information content (AvgIpc) is 2.44. The summed E-state index contributed by atoms with van der Waals surface area (Å²) in [5, 5.41) is 3.47. The fourth-order valence-electron chi connectivity index (χ4n) is 2.05. The molecule has 4 nitrogen and oxygen atoms in total. The van der Waals surface area contributed by atoms with E-state index >= 15 is 0 Å². The third-order valence-electron chi connectivity index (χ3n) is 3.34. The summed E-state index contributed by atoms with van der Waals surface area (Å²) in [5.74, 6) is 0.895. The molecule has 0 amide bonds. The van der Waals surface area contributed by atoms with E-state index in [4.69, 9.17) is 9.47 Å². The van der Waals surface area contributed by atoms with Gasteiger partial charge in [0.2, 0.25) is 0 Å². The number of benzene rings is 1. The van der Waals surface area contributed by atoms with Gasteiger partial charge < -0.3 is 14.8 Å². The molecule has 1 unspecified atom stereocenters. The second-order valence-electron chi connectivity index (χ2n) is 5.44. The van der Waals surface area contributed by atoms with E-state index in [1.165, 1.54) is 5.56 Å². The molecule has 0 bridgehead atoms. The second-order valence-corrected chi connectivity index (χ2v) is 5.44. The molecular weight excluding hydrogens is 252 g/mol. The standard InChI is InChI=1S/C16H28N2O2/c1-13(2)17-10-15(12-19-4)18(3)11-14-6-8-16(20-5)9-7-14/h6-9,13,15,17H,10-12H2,1-5H3. The van der Waals surface area contributed by atoms with Crippen LogP contribution in [-0.2, 0) is 11.3 Å². The number of nitrogens with one attached hydrogen (secondary N) is 1. The van der Waals surface area contributed by atoms with Crippen LogP contribution in [0.5, 0.6) is 5.75 Å². The van der Waals surface area contributed by atoms with Gasteiger partial charge in [0.05, 0.1) is 13.7 Å². The van der Waals surface area contributed by atoms with Gasteiger partial charge in [0, 0.05) is 32.3 Å². The predicted molar refractivity (Wildman–Crippen MR) is 83.3 cm³/mol. The number of methoxy groups -OCH3 is 2. The zero-order valence-electron chi connectivity index (χ0n) is 13.3. The van der Waals surface area contributed by atoms with Crippen LogP contribution in [0.3, 0.4) is 0 Å². The van der Waals surface area contributed by atoms with Crippen LogP contribution < -0.4 is 10.1 Å². The Balaban J connectivity index is 2.56. The summed E-state index contributed by atoms with van der Waals surface area (Å²) >= 11 is 0. The largest absolute Gasteiger partial charge is 0.497 e. The average molecular weight is 280 g/mol. The fourth-order valence-corrected chi connectivity index (χ4v) is 2.05. The van der Waals surface area contributed by atoms with Gasteiger partial charge >= 0.3 is 0 Å². The van der Waals surface area contributed by atoms with E-state index in [-0.39, 0.29) is 0 Å². The summed E-state index contributed by atoms with van der Waals surface area (Å²) in [5.41, 5.74) is 1.28. The maximum absolute atomic E-state index is 5.33. The maximum atomic E-state index is 5.33. The van der Waals surface area contributed by atoms with Crippen molar-refractivity contribution in [3.05, 3.63) is 29.8 Å². The van der Waals surface area contributed by atoms with Crippen LogP contribution in [0, 0.1) is 0 Å². The van der Waals surface area contributed by atoms with Crippen molar-refractivity contribution in [3.8, 4) is 5.75 Å². The number of likely N-dealkylation sites (N-methyl/N-ethyl adjacent to an activating group) is 1. The van der Waals surface area contributed by atoms with E-state index in [0.29, 0.717) is 12.1 Å². The minimum Gasteiger partial charge on any atom is -0.497 e. The van der Waals surface area contributed by atoms with Crippen LogP contribution >= 0.6 is 0 Å². The van der Waals surface area contributed by atoms with Gasteiger partial charge in [0.15, 0.2) is 0 Å². The lowest BCUT2D eigenvalue weighted by atomic mass is 10.1. The monoisotopic (exact) mass is 280 g/mol. The lowest BCUT2D eigenvalue weighted by Crippen LogP contribution is -2.44. The smallest absolute Gasteiger partial charge is 0.118 e. The number of hydrogen-bond acceptors (Lipinski definition) is 4. The van der Waals surface area contributed by atoms with E-state index in [0.717, 1.165) is 25.4 Å². The predicted octanol–water partition coefficient (Wildman–Crippen LogP) is 2.14. The molecule has 0 saturated carbocycles. The van der Waals surface area contributed by atoms with Crippen LogP contribution in [0.15, 0.2) is 24.3 Å². The highest BCUT2D eigenvalue weighted by molar-refractivity contribution is 5.27. The molecule has 1 rings (SSSR count). The molecule has 114 valence electrons. The third-order valence-corrected chi connectivity index (χ3v) is 3.34. The molecular formula is C16H28N2O2. The Morgan fingerprint density at radius 1 is 1.15 bits per heavy atom. The summed E-state index contributed by atoms with van der Waals surface area (Å²) in [6, 6.07) is 9.07. The highest BCUT2D eigenvalue weighted by atomic mass is 16.5. The normalized spacial score (nSPS) is 12.9. The Kier molecular flexibility index (Phi) is 7.59. The Bertz CT molecular complexity index is 365. The van der Waals surface area contributed by atoms with Crippen LogP contribution in [-0.4, -0.2) is 51.4 Å². The molecule has 0 spiro atoms. The highest BCUT2D eigenvalue weighted by Gasteiger charge is 2.15. The van der Waals surface area contributed by atoms with Crippen molar-refractivity contribution in [3.63, 3.8) is 0 Å². The second kappa shape index (κ2) is 8.95. The zero-order chi connectivity index (χ0) is 15.0. The van der Waals surface area contributed by atoms with Crippen LogP contribution in [0.25, 0.3) is 0 Å². The van der Waals surface area contributed by atoms with Gasteiger partial charge in [-0.05, 0) is 24.7 Å². The molecule has 1 aromatic rings. The summed E-state index contributed by atoms with van der Waals surface area (Å²) in [6.07, 6.45) is 0. The Labute approximate surface area is 123 Å². The minimum absolute atomic E-state index is 0.365. The van der Waals surface area contributed by atoms with Crippen LogP contribution in [0.2, 0.25) is 0 Å². The van der Waals surface area contributed by atoms with Crippen molar-refractivity contribution >= 4 is 0 Å². The quantitative estimate of drug-likeness (QED) is 0.751. The molecule has 1 atom stereocenters. The molecule has 0 saturated heterocycles. The van der Waals surface area contributed by atoms with E-state index in [1.54, 1.807) is 14.2 Å². The van der Waals surface area contributed by atoms with Gasteiger partial charge in [-0.15, -0.1) is 0 Å². The summed E-state index contributed by atoms with van der Waals surface area (Å²) < 4.78 is 10.5. The van der Waals surface area contributed by atoms with E-state index in [9.17, 15) is 0 Å². The summed E-state index contributed by atoms with van der Waals surface area (Å²) in [6.45, 7) is 6.88. The van der Waals surface area contributed by atoms with Gasteiger partial charge in [0.1, 0.15) is 5.75 Å².